The molecule has 25 heavy (non-hydrogen) atoms. The van der Waals surface area contributed by atoms with E-state index in [0.29, 0.717) is 12.8 Å². The van der Waals surface area contributed by atoms with Crippen LogP contribution in [0.1, 0.15) is 52.4 Å². The van der Waals surface area contributed by atoms with Gasteiger partial charge in [0.2, 0.25) is 11.1 Å². The Labute approximate surface area is 151 Å². The fourth-order valence-electron chi connectivity index (χ4n) is 3.16. The van der Waals surface area contributed by atoms with E-state index in [2.05, 4.69) is 9.97 Å². The van der Waals surface area contributed by atoms with E-state index >= 15 is 0 Å². The molecule has 0 aliphatic heterocycles. The molecule has 138 valence electrons. The number of carbonyl (C=O) groups is 1. The van der Waals surface area contributed by atoms with E-state index in [1.165, 1.54) is 0 Å². The number of esters is 1. The van der Waals surface area contributed by atoms with Gasteiger partial charge in [0.05, 0.1) is 11.0 Å². The zero-order valence-electron chi connectivity index (χ0n) is 14.5. The van der Waals surface area contributed by atoms with Crippen molar-refractivity contribution in [3.05, 3.63) is 21.6 Å². The molecule has 1 aromatic rings. The molecule has 9 heteroatoms. The zero-order chi connectivity index (χ0) is 18.4. The van der Waals surface area contributed by atoms with Crippen LogP contribution in [0.2, 0.25) is 5.28 Å². The quantitative estimate of drug-likeness (QED) is 0.299. The van der Waals surface area contributed by atoms with Gasteiger partial charge in [-0.15, -0.1) is 0 Å². The van der Waals surface area contributed by atoms with Crippen LogP contribution >= 0.6 is 11.6 Å². The lowest BCUT2D eigenvalue weighted by Gasteiger charge is -2.34. The fraction of sp³-hybridized carbons (Fsp3) is 0.688. The molecule has 0 saturated heterocycles. The van der Waals surface area contributed by atoms with Gasteiger partial charge in [-0.3, -0.25) is 14.9 Å². The highest BCUT2D eigenvalue weighted by Crippen LogP contribution is 2.34. The van der Waals surface area contributed by atoms with Crippen molar-refractivity contribution in [2.24, 2.45) is 0 Å². The maximum atomic E-state index is 11.7. The average molecular weight is 371 g/mol. The summed E-state index contributed by atoms with van der Waals surface area (Å²) in [5.41, 5.74) is -0.192. The van der Waals surface area contributed by atoms with Crippen molar-refractivity contribution in [2.75, 3.05) is 11.5 Å². The van der Waals surface area contributed by atoms with Crippen LogP contribution in [0.4, 0.5) is 11.5 Å². The van der Waals surface area contributed by atoms with Crippen LogP contribution in [-0.2, 0) is 9.53 Å². The number of hydrogen-bond acceptors (Lipinski definition) is 7. The minimum Gasteiger partial charge on any atom is -0.463 e. The largest absolute Gasteiger partial charge is 0.463 e. The van der Waals surface area contributed by atoms with Gasteiger partial charge in [0, 0.05) is 12.5 Å². The molecule has 1 unspecified atom stereocenters. The van der Waals surface area contributed by atoms with E-state index in [0.717, 1.165) is 31.9 Å². The number of hydrogen-bond donors (Lipinski definition) is 0. The van der Waals surface area contributed by atoms with Crippen molar-refractivity contribution in [1.29, 1.82) is 0 Å². The third-order valence-electron chi connectivity index (χ3n) is 4.29. The first-order chi connectivity index (χ1) is 11.9. The lowest BCUT2D eigenvalue weighted by Crippen LogP contribution is -2.44. The Hall–Kier alpha value is -1.96. The summed E-state index contributed by atoms with van der Waals surface area (Å²) in [6.07, 6.45) is 6.12. The maximum Gasteiger partial charge on any atom is 0.329 e. The van der Waals surface area contributed by atoms with Gasteiger partial charge >= 0.3 is 11.7 Å². The summed E-state index contributed by atoms with van der Waals surface area (Å²) in [7, 11) is 0. The summed E-state index contributed by atoms with van der Waals surface area (Å²) in [5.74, 6) is -0.0770. The van der Waals surface area contributed by atoms with Crippen molar-refractivity contribution in [1.82, 2.24) is 9.97 Å². The third kappa shape index (κ3) is 5.01. The van der Waals surface area contributed by atoms with Gasteiger partial charge in [-0.25, -0.2) is 4.98 Å². The monoisotopic (exact) mass is 370 g/mol. The highest BCUT2D eigenvalue weighted by Gasteiger charge is 2.33. The smallest absolute Gasteiger partial charge is 0.329 e. The second-order valence-electron chi connectivity index (χ2n) is 6.23. The predicted molar refractivity (Wildman–Crippen MR) is 93.8 cm³/mol. The number of halogens is 1. The molecule has 0 amide bonds. The molecule has 2 rings (SSSR count). The summed E-state index contributed by atoms with van der Waals surface area (Å²) >= 11 is 5.89. The first kappa shape index (κ1) is 19.4. The Morgan fingerprint density at radius 3 is 2.80 bits per heavy atom. The average Bonchev–Trinajstić information content (AvgIpc) is 3.07. The third-order valence-corrected chi connectivity index (χ3v) is 4.48. The minimum atomic E-state index is -0.510. The van der Waals surface area contributed by atoms with Crippen molar-refractivity contribution in [3.8, 4) is 0 Å². The van der Waals surface area contributed by atoms with Gasteiger partial charge < -0.3 is 9.64 Å². The highest BCUT2D eigenvalue weighted by atomic mass is 35.5. The molecule has 8 nitrogen and oxygen atoms in total. The van der Waals surface area contributed by atoms with Crippen molar-refractivity contribution in [3.63, 3.8) is 0 Å². The molecule has 1 atom stereocenters. The highest BCUT2D eigenvalue weighted by molar-refractivity contribution is 6.28. The Morgan fingerprint density at radius 1 is 1.52 bits per heavy atom. The number of nitro groups is 1. The number of nitrogens with zero attached hydrogens (tertiary/aromatic N) is 4. The molecule has 0 N–H and O–H groups in total. The van der Waals surface area contributed by atoms with Crippen LogP contribution in [0.3, 0.4) is 0 Å². The van der Waals surface area contributed by atoms with E-state index in [1.54, 1.807) is 0 Å². The van der Waals surface area contributed by atoms with Crippen LogP contribution in [-0.4, -0.2) is 39.6 Å². The minimum absolute atomic E-state index is 0.0428. The molecule has 1 saturated carbocycles. The van der Waals surface area contributed by atoms with Gasteiger partial charge in [-0.05, 0) is 37.8 Å². The SMILES string of the molecule is CCCC(=O)OCC(C)N(c1nc(Cl)ncc1[N+](=O)[O-])C1CCCC1. The molecule has 1 aliphatic carbocycles. The van der Waals surface area contributed by atoms with Crippen molar-refractivity contribution < 1.29 is 14.5 Å². The first-order valence-electron chi connectivity index (χ1n) is 8.55. The lowest BCUT2D eigenvalue weighted by atomic mass is 10.1. The van der Waals surface area contributed by atoms with Gasteiger partial charge in [0.25, 0.3) is 0 Å². The number of aromatic nitrogens is 2. The Balaban J connectivity index is 2.28. The molecular weight excluding hydrogens is 348 g/mol. The molecule has 1 aliphatic rings. The first-order valence-corrected chi connectivity index (χ1v) is 8.92. The van der Waals surface area contributed by atoms with E-state index in [4.69, 9.17) is 16.3 Å². The van der Waals surface area contributed by atoms with Gasteiger partial charge in [0.15, 0.2) is 0 Å². The van der Waals surface area contributed by atoms with Crippen molar-refractivity contribution in [2.45, 2.75) is 64.5 Å². The van der Waals surface area contributed by atoms with Gasteiger partial charge in [-0.1, -0.05) is 19.8 Å². The van der Waals surface area contributed by atoms with Crippen LogP contribution in [0.25, 0.3) is 0 Å². The molecule has 0 spiro atoms. The van der Waals surface area contributed by atoms with Crippen LogP contribution in [0, 0.1) is 10.1 Å². The molecule has 1 aromatic heterocycles. The Bertz CT molecular complexity index is 622. The fourth-order valence-corrected chi connectivity index (χ4v) is 3.29. The van der Waals surface area contributed by atoms with Gasteiger partial charge in [-0.2, -0.15) is 4.98 Å². The molecule has 0 aromatic carbocycles. The second kappa shape index (κ2) is 8.94. The topological polar surface area (TPSA) is 98.5 Å². The maximum absolute atomic E-state index is 11.7. The number of carbonyl (C=O) groups excluding carboxylic acids is 1. The molecular formula is C16H23ClN4O4. The van der Waals surface area contributed by atoms with E-state index in [9.17, 15) is 14.9 Å². The molecule has 0 radical (unpaired) electrons. The number of rotatable bonds is 8. The summed E-state index contributed by atoms with van der Waals surface area (Å²) in [4.78, 5) is 32.3. The summed E-state index contributed by atoms with van der Waals surface area (Å²) in [6.45, 7) is 3.92. The van der Waals surface area contributed by atoms with Gasteiger partial charge in [0.1, 0.15) is 12.8 Å². The molecule has 0 bridgehead atoms. The molecule has 1 heterocycles. The normalized spacial score (nSPS) is 15.8. The summed E-state index contributed by atoms with van der Waals surface area (Å²) in [6, 6.07) is -0.155. The second-order valence-corrected chi connectivity index (χ2v) is 6.57. The summed E-state index contributed by atoms with van der Waals surface area (Å²) in [5, 5.41) is 11.4. The Morgan fingerprint density at radius 2 is 2.20 bits per heavy atom. The van der Waals surface area contributed by atoms with Crippen LogP contribution in [0.5, 0.6) is 0 Å². The number of anilines is 1. The van der Waals surface area contributed by atoms with E-state index in [1.807, 2.05) is 18.7 Å². The van der Waals surface area contributed by atoms with E-state index in [-0.39, 0.29) is 41.4 Å². The zero-order valence-corrected chi connectivity index (χ0v) is 15.2. The predicted octanol–water partition coefficient (Wildman–Crippen LogP) is 3.52. The van der Waals surface area contributed by atoms with Crippen LogP contribution < -0.4 is 4.90 Å². The summed E-state index contributed by atoms with van der Waals surface area (Å²) < 4.78 is 5.31. The van der Waals surface area contributed by atoms with Crippen molar-refractivity contribution >= 4 is 29.1 Å². The van der Waals surface area contributed by atoms with E-state index < -0.39 is 4.92 Å². The Kier molecular flexibility index (Phi) is 6.92. The standard InChI is InChI=1S/C16H23ClN4O4/c1-3-6-14(22)25-10-11(2)20(12-7-4-5-8-12)15-13(21(23)24)9-18-16(17)19-15/h9,11-12H,3-8,10H2,1-2H3. The van der Waals surface area contributed by atoms with Crippen LogP contribution in [0.15, 0.2) is 6.20 Å². The number of ether oxygens (including phenoxy) is 1. The lowest BCUT2D eigenvalue weighted by molar-refractivity contribution is -0.384. The molecule has 1 fully saturated rings.